The van der Waals surface area contributed by atoms with E-state index in [1.54, 1.807) is 0 Å². The van der Waals surface area contributed by atoms with Crippen molar-refractivity contribution in [1.29, 1.82) is 0 Å². The molecule has 33 heavy (non-hydrogen) atoms. The summed E-state index contributed by atoms with van der Waals surface area (Å²) in [6.07, 6.45) is 0. The number of fused-ring (bicyclic) bond motifs is 7. The predicted molar refractivity (Wildman–Crippen MR) is 148 cm³/mol. The zero-order valence-electron chi connectivity index (χ0n) is 19.7. The van der Waals surface area contributed by atoms with Gasteiger partial charge in [-0.1, -0.05) is 113 Å². The Balaban J connectivity index is 0.000000377. The van der Waals surface area contributed by atoms with Gasteiger partial charge < -0.3 is 0 Å². The van der Waals surface area contributed by atoms with Gasteiger partial charge in [0.05, 0.1) is 0 Å². The van der Waals surface area contributed by atoms with Gasteiger partial charge in [-0.25, -0.2) is 0 Å². The number of hydrogen-bond acceptors (Lipinski definition) is 0. The SMILES string of the molecule is CC(C)(C)C.c1ccc2c(c1)cc1c3ccccc3c3cc4ccccc4c4ccc2c1c43. The Bertz CT molecular complexity index is 1660. The third kappa shape index (κ3) is 3.21. The second kappa shape index (κ2) is 7.18. The van der Waals surface area contributed by atoms with E-state index >= 15 is 0 Å². The summed E-state index contributed by atoms with van der Waals surface area (Å²) in [4.78, 5) is 0. The van der Waals surface area contributed by atoms with E-state index in [0.29, 0.717) is 5.41 Å². The number of rotatable bonds is 0. The van der Waals surface area contributed by atoms with Gasteiger partial charge in [0.15, 0.2) is 0 Å². The summed E-state index contributed by atoms with van der Waals surface area (Å²) in [5.74, 6) is 0. The molecule has 0 spiro atoms. The number of benzene rings is 7. The molecule has 0 aliphatic carbocycles. The standard InChI is InChI=1S/C28H16.C5H12/c1-3-9-19-17(7-1)15-25-21-11-5-6-12-22(21)26-16-18-8-2-4-10-20(18)24-14-13-23(19)27(25)28(24)26;1-5(2,3)4/h1-16H;1-4H3. The van der Waals surface area contributed by atoms with Gasteiger partial charge in [0, 0.05) is 0 Å². The molecule has 0 saturated heterocycles. The molecule has 0 aromatic heterocycles. The first kappa shape index (κ1) is 20.0. The molecule has 0 heteroatoms. The molecule has 0 atom stereocenters. The van der Waals surface area contributed by atoms with Gasteiger partial charge in [-0.3, -0.25) is 0 Å². The Kier molecular flexibility index (Phi) is 4.35. The average Bonchev–Trinajstić information content (AvgIpc) is 2.81. The van der Waals surface area contributed by atoms with Crippen LogP contribution in [0.5, 0.6) is 0 Å². The van der Waals surface area contributed by atoms with Crippen molar-refractivity contribution in [2.75, 3.05) is 0 Å². The summed E-state index contributed by atoms with van der Waals surface area (Å²) in [6.45, 7) is 8.75. The van der Waals surface area contributed by atoms with Crippen LogP contribution in [0.2, 0.25) is 0 Å². The van der Waals surface area contributed by atoms with Crippen LogP contribution in [0.15, 0.2) is 97.1 Å². The summed E-state index contributed by atoms with van der Waals surface area (Å²) in [5.41, 5.74) is 0.500. The number of hydrogen-bond donors (Lipinski definition) is 0. The molecule has 0 heterocycles. The topological polar surface area (TPSA) is 0 Å². The minimum atomic E-state index is 0.500. The zero-order valence-corrected chi connectivity index (χ0v) is 19.7. The molecule has 0 amide bonds. The second-order valence-electron chi connectivity index (χ2n) is 10.7. The molecule has 7 aromatic carbocycles. The van der Waals surface area contributed by atoms with Gasteiger partial charge in [0.1, 0.15) is 0 Å². The van der Waals surface area contributed by atoms with Crippen LogP contribution in [0.1, 0.15) is 27.7 Å². The van der Waals surface area contributed by atoms with Crippen molar-refractivity contribution >= 4 is 64.6 Å². The lowest BCUT2D eigenvalue weighted by atomic mass is 9.85. The van der Waals surface area contributed by atoms with Gasteiger partial charge in [0.25, 0.3) is 0 Å². The Morgan fingerprint density at radius 3 is 1.09 bits per heavy atom. The third-order valence-corrected chi connectivity index (χ3v) is 6.35. The zero-order chi connectivity index (χ0) is 22.7. The first-order chi connectivity index (χ1) is 15.9. The van der Waals surface area contributed by atoms with Crippen LogP contribution >= 0.6 is 0 Å². The van der Waals surface area contributed by atoms with Crippen molar-refractivity contribution in [2.45, 2.75) is 27.7 Å². The Labute approximate surface area is 194 Å². The summed E-state index contributed by atoms with van der Waals surface area (Å²) < 4.78 is 0. The monoisotopic (exact) mass is 424 g/mol. The fourth-order valence-electron chi connectivity index (χ4n) is 5.18. The van der Waals surface area contributed by atoms with E-state index in [2.05, 4.69) is 125 Å². The maximum atomic E-state index is 2.38. The van der Waals surface area contributed by atoms with E-state index in [9.17, 15) is 0 Å². The molecule has 0 radical (unpaired) electrons. The fourth-order valence-corrected chi connectivity index (χ4v) is 5.18. The van der Waals surface area contributed by atoms with Gasteiger partial charge in [-0.2, -0.15) is 0 Å². The lowest BCUT2D eigenvalue weighted by Crippen LogP contribution is -1.93. The smallest absolute Gasteiger partial charge is 0.00137 e. The first-order valence-electron chi connectivity index (χ1n) is 11.8. The van der Waals surface area contributed by atoms with Crippen molar-refractivity contribution in [3.63, 3.8) is 0 Å². The van der Waals surface area contributed by atoms with Gasteiger partial charge in [0.2, 0.25) is 0 Å². The molecule has 0 saturated carbocycles. The Morgan fingerprint density at radius 2 is 0.697 bits per heavy atom. The molecule has 7 rings (SSSR count). The summed E-state index contributed by atoms with van der Waals surface area (Å²) in [6, 6.07) is 35.8. The lowest BCUT2D eigenvalue weighted by molar-refractivity contribution is 0.469. The van der Waals surface area contributed by atoms with Gasteiger partial charge >= 0.3 is 0 Å². The van der Waals surface area contributed by atoms with Crippen LogP contribution in [-0.4, -0.2) is 0 Å². The molecule has 0 bridgehead atoms. The Hall–Kier alpha value is -3.64. The molecule has 0 unspecified atom stereocenters. The molecule has 160 valence electrons. The lowest BCUT2D eigenvalue weighted by Gasteiger charge is -2.18. The highest BCUT2D eigenvalue weighted by Crippen LogP contribution is 2.45. The summed E-state index contributed by atoms with van der Waals surface area (Å²) >= 11 is 0. The highest BCUT2D eigenvalue weighted by Gasteiger charge is 2.16. The van der Waals surface area contributed by atoms with Crippen molar-refractivity contribution in [1.82, 2.24) is 0 Å². The highest BCUT2D eigenvalue weighted by atomic mass is 14.2. The first-order valence-corrected chi connectivity index (χ1v) is 11.8. The van der Waals surface area contributed by atoms with Crippen LogP contribution in [0.25, 0.3) is 64.6 Å². The minimum Gasteiger partial charge on any atom is -0.0616 e. The maximum absolute atomic E-state index is 2.38. The normalized spacial score (nSPS) is 12.2. The van der Waals surface area contributed by atoms with Crippen LogP contribution in [-0.2, 0) is 0 Å². The summed E-state index contributed by atoms with van der Waals surface area (Å²) in [7, 11) is 0. The highest BCUT2D eigenvalue weighted by molar-refractivity contribution is 6.39. The quantitative estimate of drug-likeness (QED) is 0.168. The largest absolute Gasteiger partial charge is 0.0616 e. The fraction of sp³-hybridized carbons (Fsp3) is 0.152. The van der Waals surface area contributed by atoms with E-state index in [4.69, 9.17) is 0 Å². The third-order valence-electron chi connectivity index (χ3n) is 6.35. The molecule has 0 fully saturated rings. The van der Waals surface area contributed by atoms with Crippen LogP contribution in [0, 0.1) is 5.41 Å². The molecular formula is C33H28. The van der Waals surface area contributed by atoms with E-state index in [1.807, 2.05) is 0 Å². The van der Waals surface area contributed by atoms with E-state index in [0.717, 1.165) is 0 Å². The van der Waals surface area contributed by atoms with Crippen molar-refractivity contribution in [2.24, 2.45) is 5.41 Å². The molecule has 0 aliphatic rings. The van der Waals surface area contributed by atoms with E-state index < -0.39 is 0 Å². The minimum absolute atomic E-state index is 0.500. The van der Waals surface area contributed by atoms with Gasteiger partial charge in [-0.15, -0.1) is 0 Å². The van der Waals surface area contributed by atoms with Crippen molar-refractivity contribution in [3.05, 3.63) is 97.1 Å². The van der Waals surface area contributed by atoms with E-state index in [-0.39, 0.29) is 0 Å². The Morgan fingerprint density at radius 1 is 0.364 bits per heavy atom. The molecular weight excluding hydrogens is 396 g/mol. The maximum Gasteiger partial charge on any atom is -0.00137 e. The summed E-state index contributed by atoms with van der Waals surface area (Å²) in [5, 5.41) is 16.2. The van der Waals surface area contributed by atoms with Gasteiger partial charge in [-0.05, 0) is 82.2 Å². The average molecular weight is 425 g/mol. The van der Waals surface area contributed by atoms with Crippen LogP contribution in [0.4, 0.5) is 0 Å². The van der Waals surface area contributed by atoms with Crippen molar-refractivity contribution < 1.29 is 0 Å². The molecule has 0 nitrogen and oxygen atoms in total. The predicted octanol–water partition coefficient (Wildman–Crippen LogP) is 10.1. The molecule has 0 aliphatic heterocycles. The van der Waals surface area contributed by atoms with Crippen LogP contribution in [0.3, 0.4) is 0 Å². The molecule has 0 N–H and O–H groups in total. The van der Waals surface area contributed by atoms with Crippen molar-refractivity contribution in [3.8, 4) is 0 Å². The van der Waals surface area contributed by atoms with E-state index in [1.165, 1.54) is 64.6 Å². The van der Waals surface area contributed by atoms with Crippen LogP contribution < -0.4 is 0 Å². The molecule has 7 aromatic rings. The second-order valence-corrected chi connectivity index (χ2v) is 10.7.